The molecule has 96 valence electrons. The molecule has 1 aromatic rings. The molecule has 0 spiro atoms. The molecule has 0 aliphatic heterocycles. The lowest BCUT2D eigenvalue weighted by atomic mass is 10.1. The van der Waals surface area contributed by atoms with Gasteiger partial charge in [0.15, 0.2) is 0 Å². The molecule has 1 unspecified atom stereocenters. The van der Waals surface area contributed by atoms with E-state index in [1.807, 2.05) is 18.2 Å². The topological polar surface area (TPSA) is 73.3 Å². The molecule has 4 nitrogen and oxygen atoms in total. The lowest BCUT2D eigenvalue weighted by molar-refractivity contribution is 0.409. The largest absolute Gasteiger partial charge is 0.496 e. The van der Waals surface area contributed by atoms with E-state index in [1.54, 1.807) is 7.11 Å². The highest BCUT2D eigenvalue weighted by atomic mass is 35.5. The van der Waals surface area contributed by atoms with Crippen LogP contribution in [0, 0.1) is 0 Å². The second-order valence-electron chi connectivity index (χ2n) is 3.91. The van der Waals surface area contributed by atoms with Gasteiger partial charge >= 0.3 is 0 Å². The Morgan fingerprint density at radius 2 is 2.24 bits per heavy atom. The van der Waals surface area contributed by atoms with E-state index >= 15 is 0 Å². The first-order valence-corrected chi connectivity index (χ1v) is 6.04. The first-order chi connectivity index (χ1) is 8.17. The zero-order valence-corrected chi connectivity index (χ0v) is 10.8. The van der Waals surface area contributed by atoms with Crippen molar-refractivity contribution in [3.63, 3.8) is 0 Å². The Morgan fingerprint density at radius 1 is 1.47 bits per heavy atom. The number of benzene rings is 1. The van der Waals surface area contributed by atoms with Crippen LogP contribution in [0.2, 0.25) is 5.02 Å². The molecule has 1 atom stereocenters. The van der Waals surface area contributed by atoms with E-state index in [0.29, 0.717) is 6.54 Å². The molecule has 0 bridgehead atoms. The fourth-order valence-corrected chi connectivity index (χ4v) is 1.73. The third-order valence-electron chi connectivity index (χ3n) is 2.52. The first kappa shape index (κ1) is 14.3. The Labute approximate surface area is 107 Å². The monoisotopic (exact) mass is 257 g/mol. The Bertz CT molecular complexity index is 347. The van der Waals surface area contributed by atoms with Gasteiger partial charge in [-0.1, -0.05) is 11.6 Å². The molecule has 0 heterocycles. The maximum atomic E-state index is 5.95. The Kier molecular flexibility index (Phi) is 6.29. The Balaban J connectivity index is 2.42. The average Bonchev–Trinajstić information content (AvgIpc) is 2.34. The number of ether oxygens (including phenoxy) is 1. The minimum Gasteiger partial charge on any atom is -0.496 e. The summed E-state index contributed by atoms with van der Waals surface area (Å²) in [4.78, 5) is 0. The van der Waals surface area contributed by atoms with Crippen LogP contribution >= 0.6 is 11.6 Å². The van der Waals surface area contributed by atoms with Crippen LogP contribution in [0.4, 0.5) is 0 Å². The third kappa shape index (κ3) is 4.91. The minimum atomic E-state index is 0.0104. The molecular weight excluding hydrogens is 238 g/mol. The number of rotatable bonds is 7. The van der Waals surface area contributed by atoms with Gasteiger partial charge < -0.3 is 21.5 Å². The summed E-state index contributed by atoms with van der Waals surface area (Å²) in [5.41, 5.74) is 12.2. The molecule has 1 rings (SSSR count). The molecule has 0 aliphatic rings. The van der Waals surface area contributed by atoms with Crippen LogP contribution in [0.5, 0.6) is 5.75 Å². The Hall–Kier alpha value is -0.810. The number of nitrogens with one attached hydrogen (secondary N) is 1. The summed E-state index contributed by atoms with van der Waals surface area (Å²) in [5, 5.41) is 3.97. The fraction of sp³-hybridized carbons (Fsp3) is 0.500. The van der Waals surface area contributed by atoms with E-state index in [4.69, 9.17) is 27.8 Å². The van der Waals surface area contributed by atoms with Crippen molar-refractivity contribution < 1.29 is 4.74 Å². The highest BCUT2D eigenvalue weighted by molar-refractivity contribution is 6.30. The van der Waals surface area contributed by atoms with Crippen LogP contribution in [-0.2, 0) is 6.42 Å². The molecule has 0 saturated heterocycles. The fourth-order valence-electron chi connectivity index (χ4n) is 1.54. The Morgan fingerprint density at radius 3 is 2.88 bits per heavy atom. The second kappa shape index (κ2) is 7.50. The zero-order chi connectivity index (χ0) is 12.7. The first-order valence-electron chi connectivity index (χ1n) is 5.66. The standard InChI is InChI=1S/C12H20ClN3O/c1-17-12-3-2-10(13)6-9(12)4-5-16-8-11(15)7-14/h2-3,6,11,16H,4-5,7-8,14-15H2,1H3. The van der Waals surface area contributed by atoms with Crippen molar-refractivity contribution in [3.05, 3.63) is 28.8 Å². The maximum Gasteiger partial charge on any atom is 0.122 e. The summed E-state index contributed by atoms with van der Waals surface area (Å²) in [6.07, 6.45) is 0.848. The molecule has 0 amide bonds. The van der Waals surface area contributed by atoms with Crippen LogP contribution in [-0.4, -0.2) is 32.8 Å². The summed E-state index contributed by atoms with van der Waals surface area (Å²) < 4.78 is 5.27. The summed E-state index contributed by atoms with van der Waals surface area (Å²) in [6, 6.07) is 5.63. The molecule has 0 aromatic heterocycles. The highest BCUT2D eigenvalue weighted by Crippen LogP contribution is 2.22. The molecule has 17 heavy (non-hydrogen) atoms. The van der Waals surface area contributed by atoms with Gasteiger partial charge in [0.25, 0.3) is 0 Å². The molecule has 0 fully saturated rings. The highest BCUT2D eigenvalue weighted by Gasteiger charge is 2.04. The lowest BCUT2D eigenvalue weighted by Crippen LogP contribution is -2.40. The number of nitrogens with two attached hydrogens (primary N) is 2. The molecular formula is C12H20ClN3O. The lowest BCUT2D eigenvalue weighted by Gasteiger charge is -2.12. The predicted octanol–water partition coefficient (Wildman–Crippen LogP) is 0.767. The quantitative estimate of drug-likeness (QED) is 0.631. The van der Waals surface area contributed by atoms with Gasteiger partial charge in [-0.15, -0.1) is 0 Å². The molecule has 0 saturated carbocycles. The normalized spacial score (nSPS) is 12.5. The van der Waals surface area contributed by atoms with Crippen molar-refractivity contribution in [3.8, 4) is 5.75 Å². The number of hydrogen-bond acceptors (Lipinski definition) is 4. The van der Waals surface area contributed by atoms with Gasteiger partial charge in [-0.05, 0) is 36.7 Å². The molecule has 0 radical (unpaired) electrons. The van der Waals surface area contributed by atoms with Crippen LogP contribution in [0.15, 0.2) is 18.2 Å². The van der Waals surface area contributed by atoms with Crippen LogP contribution < -0.4 is 21.5 Å². The smallest absolute Gasteiger partial charge is 0.122 e. The molecule has 0 aliphatic carbocycles. The number of methoxy groups -OCH3 is 1. The van der Waals surface area contributed by atoms with E-state index in [1.165, 1.54) is 0 Å². The van der Waals surface area contributed by atoms with Crippen molar-refractivity contribution >= 4 is 11.6 Å². The van der Waals surface area contributed by atoms with E-state index < -0.39 is 0 Å². The van der Waals surface area contributed by atoms with Gasteiger partial charge in [0.2, 0.25) is 0 Å². The van der Waals surface area contributed by atoms with Crippen molar-refractivity contribution in [2.45, 2.75) is 12.5 Å². The van der Waals surface area contributed by atoms with Gasteiger partial charge in [-0.2, -0.15) is 0 Å². The summed E-state index contributed by atoms with van der Waals surface area (Å²) in [5.74, 6) is 0.860. The average molecular weight is 258 g/mol. The number of hydrogen-bond donors (Lipinski definition) is 3. The van der Waals surface area contributed by atoms with Gasteiger partial charge in [-0.3, -0.25) is 0 Å². The van der Waals surface area contributed by atoms with Gasteiger partial charge in [0, 0.05) is 24.2 Å². The predicted molar refractivity (Wildman–Crippen MR) is 71.6 cm³/mol. The number of halogens is 1. The van der Waals surface area contributed by atoms with Crippen molar-refractivity contribution in [2.75, 3.05) is 26.7 Å². The summed E-state index contributed by atoms with van der Waals surface area (Å²) in [7, 11) is 1.66. The third-order valence-corrected chi connectivity index (χ3v) is 2.76. The zero-order valence-electron chi connectivity index (χ0n) is 10.1. The van der Waals surface area contributed by atoms with E-state index in [9.17, 15) is 0 Å². The maximum absolute atomic E-state index is 5.95. The van der Waals surface area contributed by atoms with Crippen molar-refractivity contribution in [2.24, 2.45) is 11.5 Å². The van der Waals surface area contributed by atoms with Crippen LogP contribution in [0.25, 0.3) is 0 Å². The van der Waals surface area contributed by atoms with Crippen molar-refractivity contribution in [1.29, 1.82) is 0 Å². The SMILES string of the molecule is COc1ccc(Cl)cc1CCNCC(N)CN. The van der Waals surface area contributed by atoms with E-state index in [-0.39, 0.29) is 6.04 Å². The summed E-state index contributed by atoms with van der Waals surface area (Å²) >= 11 is 5.95. The van der Waals surface area contributed by atoms with Crippen LogP contribution in [0.3, 0.4) is 0 Å². The van der Waals surface area contributed by atoms with Gasteiger partial charge in [0.05, 0.1) is 7.11 Å². The van der Waals surface area contributed by atoms with E-state index in [2.05, 4.69) is 5.32 Å². The van der Waals surface area contributed by atoms with E-state index in [0.717, 1.165) is 35.8 Å². The minimum absolute atomic E-state index is 0.0104. The van der Waals surface area contributed by atoms with Gasteiger partial charge in [0.1, 0.15) is 5.75 Å². The molecule has 1 aromatic carbocycles. The van der Waals surface area contributed by atoms with Gasteiger partial charge in [-0.25, -0.2) is 0 Å². The van der Waals surface area contributed by atoms with Crippen molar-refractivity contribution in [1.82, 2.24) is 5.32 Å². The second-order valence-corrected chi connectivity index (χ2v) is 4.34. The summed E-state index contributed by atoms with van der Waals surface area (Å²) in [6.45, 7) is 2.04. The molecule has 5 heteroatoms. The molecule has 5 N–H and O–H groups in total. The van der Waals surface area contributed by atoms with Crippen LogP contribution in [0.1, 0.15) is 5.56 Å².